The summed E-state index contributed by atoms with van der Waals surface area (Å²) < 4.78 is 7.26. The number of amides is 1. The summed E-state index contributed by atoms with van der Waals surface area (Å²) in [5.74, 6) is 0.417. The molecule has 1 saturated heterocycles. The number of halogens is 1. The van der Waals surface area contributed by atoms with Crippen LogP contribution in [0.4, 0.5) is 4.79 Å². The minimum Gasteiger partial charge on any atom is -0.451 e. The van der Waals surface area contributed by atoms with E-state index in [1.165, 1.54) is 11.8 Å². The fourth-order valence-electron chi connectivity index (χ4n) is 3.45. The first-order valence-corrected chi connectivity index (χ1v) is 9.69. The second-order valence-corrected chi connectivity index (χ2v) is 8.01. The van der Waals surface area contributed by atoms with Crippen LogP contribution in [0, 0.1) is 0 Å². The van der Waals surface area contributed by atoms with Gasteiger partial charge in [0.15, 0.2) is 0 Å². The standard InChI is InChI=1S/C18H14BrN3O2S/c19-12-6-7-16-13(8-12)15-9-14(11-4-2-1-3-5-11)21-22(15)18(24-16)10-25-17(23)20-18/h1-9,15,21H,10H2,(H,20,23). The topological polar surface area (TPSA) is 53.6 Å². The first-order chi connectivity index (χ1) is 12.1. The van der Waals surface area contributed by atoms with E-state index in [1.54, 1.807) is 0 Å². The molecule has 0 aromatic heterocycles. The van der Waals surface area contributed by atoms with Crippen molar-refractivity contribution < 1.29 is 9.53 Å². The van der Waals surface area contributed by atoms with E-state index in [0.717, 1.165) is 27.0 Å². The quantitative estimate of drug-likeness (QED) is 0.740. The maximum absolute atomic E-state index is 11.9. The Bertz CT molecular complexity index is 904. The number of hydrogen-bond acceptors (Lipinski definition) is 5. The summed E-state index contributed by atoms with van der Waals surface area (Å²) in [5.41, 5.74) is 6.61. The van der Waals surface area contributed by atoms with E-state index in [4.69, 9.17) is 4.74 Å². The molecule has 2 N–H and O–H groups in total. The average molecular weight is 416 g/mol. The number of rotatable bonds is 1. The molecule has 1 fully saturated rings. The van der Waals surface area contributed by atoms with Crippen molar-refractivity contribution in [1.82, 2.24) is 15.8 Å². The van der Waals surface area contributed by atoms with Crippen molar-refractivity contribution in [2.75, 3.05) is 5.75 Å². The lowest BCUT2D eigenvalue weighted by Gasteiger charge is -2.45. The molecule has 0 aliphatic carbocycles. The van der Waals surface area contributed by atoms with Gasteiger partial charge in [0.25, 0.3) is 11.1 Å². The molecule has 3 aliphatic heterocycles. The van der Waals surface area contributed by atoms with Gasteiger partial charge in [-0.1, -0.05) is 58.0 Å². The molecule has 1 amide bonds. The second-order valence-electron chi connectivity index (χ2n) is 6.14. The van der Waals surface area contributed by atoms with Crippen LogP contribution in [0.15, 0.2) is 59.1 Å². The van der Waals surface area contributed by atoms with Crippen LogP contribution in [-0.4, -0.2) is 21.8 Å². The third-order valence-electron chi connectivity index (χ3n) is 4.58. The van der Waals surface area contributed by atoms with Crippen LogP contribution < -0.4 is 15.5 Å². The van der Waals surface area contributed by atoms with E-state index < -0.39 is 5.85 Å². The van der Waals surface area contributed by atoms with Crippen molar-refractivity contribution in [2.45, 2.75) is 11.9 Å². The van der Waals surface area contributed by atoms with Crippen LogP contribution in [0.5, 0.6) is 5.75 Å². The lowest BCUT2D eigenvalue weighted by molar-refractivity contribution is -0.123. The molecule has 2 unspecified atom stereocenters. The average Bonchev–Trinajstić information content (AvgIpc) is 3.22. The Kier molecular flexibility index (Phi) is 3.38. The summed E-state index contributed by atoms with van der Waals surface area (Å²) in [7, 11) is 0. The number of carbonyl (C=O) groups excluding carboxylic acids is 1. The smallest absolute Gasteiger partial charge is 0.283 e. The summed E-state index contributed by atoms with van der Waals surface area (Å²) >= 11 is 4.78. The first kappa shape index (κ1) is 15.3. The number of carbonyl (C=O) groups is 1. The summed E-state index contributed by atoms with van der Waals surface area (Å²) in [4.78, 5) is 11.9. The fraction of sp³-hybridized carbons (Fsp3) is 0.167. The Labute approximate surface area is 157 Å². The maximum Gasteiger partial charge on any atom is 0.283 e. The van der Waals surface area contributed by atoms with Gasteiger partial charge < -0.3 is 10.2 Å². The summed E-state index contributed by atoms with van der Waals surface area (Å²) in [6, 6.07) is 16.1. The Hall–Kier alpha value is -1.96. The highest BCUT2D eigenvalue weighted by Crippen LogP contribution is 2.47. The first-order valence-electron chi connectivity index (χ1n) is 7.91. The van der Waals surface area contributed by atoms with E-state index in [0.29, 0.717) is 5.75 Å². The van der Waals surface area contributed by atoms with Crippen LogP contribution in [0.2, 0.25) is 0 Å². The predicted octanol–water partition coefficient (Wildman–Crippen LogP) is 3.85. The van der Waals surface area contributed by atoms with Gasteiger partial charge in [-0.15, -0.1) is 0 Å². The Balaban J connectivity index is 1.63. The minimum atomic E-state index is -0.889. The van der Waals surface area contributed by atoms with Crippen molar-refractivity contribution in [3.05, 3.63) is 70.2 Å². The van der Waals surface area contributed by atoms with E-state index in [9.17, 15) is 4.79 Å². The van der Waals surface area contributed by atoms with E-state index in [2.05, 4.69) is 50.9 Å². The normalized spacial score (nSPS) is 27.2. The monoisotopic (exact) mass is 415 g/mol. The van der Waals surface area contributed by atoms with Crippen molar-refractivity contribution in [3.8, 4) is 5.75 Å². The molecule has 0 bridgehead atoms. The highest BCUT2D eigenvalue weighted by Gasteiger charge is 2.54. The Morgan fingerprint density at radius 1 is 1.24 bits per heavy atom. The minimum absolute atomic E-state index is 0.0320. The highest BCUT2D eigenvalue weighted by molar-refractivity contribution is 9.10. The Morgan fingerprint density at radius 3 is 2.84 bits per heavy atom. The zero-order valence-electron chi connectivity index (χ0n) is 13.0. The van der Waals surface area contributed by atoms with Gasteiger partial charge in [0, 0.05) is 10.0 Å². The Morgan fingerprint density at radius 2 is 2.08 bits per heavy atom. The molecule has 7 heteroatoms. The number of fused-ring (bicyclic) bond motifs is 4. The molecule has 25 heavy (non-hydrogen) atoms. The van der Waals surface area contributed by atoms with Crippen molar-refractivity contribution in [2.24, 2.45) is 0 Å². The maximum atomic E-state index is 11.9. The van der Waals surface area contributed by atoms with Crippen molar-refractivity contribution >= 4 is 38.6 Å². The van der Waals surface area contributed by atoms with Gasteiger partial charge in [-0.3, -0.25) is 10.1 Å². The molecule has 1 spiro atoms. The molecule has 2 atom stereocenters. The predicted molar refractivity (Wildman–Crippen MR) is 101 cm³/mol. The van der Waals surface area contributed by atoms with E-state index in [1.807, 2.05) is 35.3 Å². The van der Waals surface area contributed by atoms with Gasteiger partial charge in [-0.05, 0) is 29.8 Å². The molecular weight excluding hydrogens is 402 g/mol. The summed E-state index contributed by atoms with van der Waals surface area (Å²) in [6.45, 7) is 0. The van der Waals surface area contributed by atoms with Crippen LogP contribution in [0.1, 0.15) is 17.2 Å². The second kappa shape index (κ2) is 5.52. The van der Waals surface area contributed by atoms with Crippen molar-refractivity contribution in [3.63, 3.8) is 0 Å². The van der Waals surface area contributed by atoms with Gasteiger partial charge in [0.05, 0.1) is 17.5 Å². The number of hydrazine groups is 1. The van der Waals surface area contributed by atoms with Crippen molar-refractivity contribution in [1.29, 1.82) is 0 Å². The molecule has 5 nitrogen and oxygen atoms in total. The zero-order chi connectivity index (χ0) is 17.0. The molecule has 3 heterocycles. The SMILES string of the molecule is O=C1NC2(CS1)Oc1ccc(Br)cc1C1C=C(c3ccccc3)NN12. The van der Waals surface area contributed by atoms with Gasteiger partial charge in [0.2, 0.25) is 0 Å². The lowest BCUT2D eigenvalue weighted by atomic mass is 10.0. The van der Waals surface area contributed by atoms with Gasteiger partial charge in [-0.2, -0.15) is 5.01 Å². The number of benzene rings is 2. The summed E-state index contributed by atoms with van der Waals surface area (Å²) in [6.07, 6.45) is 2.18. The molecule has 5 rings (SSSR count). The third-order valence-corrected chi connectivity index (χ3v) is 5.98. The largest absolute Gasteiger partial charge is 0.451 e. The third kappa shape index (κ3) is 2.38. The number of nitrogens with zero attached hydrogens (tertiary/aromatic N) is 1. The zero-order valence-corrected chi connectivity index (χ0v) is 15.4. The molecule has 2 aromatic carbocycles. The molecule has 2 aromatic rings. The lowest BCUT2D eigenvalue weighted by Crippen LogP contribution is -2.66. The van der Waals surface area contributed by atoms with Gasteiger partial charge >= 0.3 is 0 Å². The van der Waals surface area contributed by atoms with E-state index in [-0.39, 0.29) is 11.3 Å². The number of hydrogen-bond donors (Lipinski definition) is 2. The van der Waals surface area contributed by atoms with Crippen LogP contribution in [-0.2, 0) is 0 Å². The van der Waals surface area contributed by atoms with Crippen LogP contribution in [0.3, 0.4) is 0 Å². The van der Waals surface area contributed by atoms with Crippen LogP contribution >= 0.6 is 27.7 Å². The van der Waals surface area contributed by atoms with Gasteiger partial charge in [-0.25, -0.2) is 0 Å². The number of nitrogens with one attached hydrogen (secondary N) is 2. The summed E-state index contributed by atoms with van der Waals surface area (Å²) in [5, 5.41) is 4.92. The molecule has 0 radical (unpaired) electrons. The van der Waals surface area contributed by atoms with E-state index >= 15 is 0 Å². The fourth-order valence-corrected chi connectivity index (χ4v) is 4.65. The number of thioether (sulfide) groups is 1. The number of ether oxygens (including phenoxy) is 1. The van der Waals surface area contributed by atoms with Gasteiger partial charge in [0.1, 0.15) is 5.75 Å². The molecule has 3 aliphatic rings. The molecule has 0 saturated carbocycles. The molecular formula is C18H14BrN3O2S. The van der Waals surface area contributed by atoms with Crippen LogP contribution in [0.25, 0.3) is 5.70 Å². The molecule has 126 valence electrons. The highest BCUT2D eigenvalue weighted by atomic mass is 79.9.